The van der Waals surface area contributed by atoms with Gasteiger partial charge in [-0.2, -0.15) is 4.89 Å². The van der Waals surface area contributed by atoms with E-state index in [0.717, 1.165) is 42.4 Å². The maximum atomic E-state index is 13.6. The SMILES string of the molecule is COC1(c2cc(Cc3ccc(C(=O)NCCNC(=O)c4cc(/C=C/c5cc[n+](C)cc5)c(O)c(/C=C/c5cc[n+](C)cc5)c4)cc3)cc(O[C@@H]3OC(CO)[C@H](O)[C@H](O)C3O)c2Cl)OOC12C1CC3CC(C1)CC2C3. The first-order valence-corrected chi connectivity index (χ1v) is 25.6. The molecule has 4 aliphatic carbocycles. The third kappa shape index (κ3) is 9.86. The number of aromatic hydroxyl groups is 1. The second-order valence-corrected chi connectivity index (χ2v) is 20.9. The van der Waals surface area contributed by atoms with Crippen LogP contribution in [0.5, 0.6) is 11.5 Å². The molecular weight excluding hydrogens is 968 g/mol. The summed E-state index contributed by atoms with van der Waals surface area (Å²) in [6.45, 7) is -0.358. The van der Waals surface area contributed by atoms with Crippen LogP contribution in [0.2, 0.25) is 5.02 Å². The van der Waals surface area contributed by atoms with Gasteiger partial charge in [0.05, 0.1) is 11.6 Å². The van der Waals surface area contributed by atoms with Gasteiger partial charge < -0.3 is 50.4 Å². The number of methoxy groups -OCH3 is 1. The molecule has 6 fully saturated rings. The van der Waals surface area contributed by atoms with Crippen LogP contribution < -0.4 is 24.5 Å². The second kappa shape index (κ2) is 21.3. The summed E-state index contributed by atoms with van der Waals surface area (Å²) in [6.07, 6.45) is 12.8. The van der Waals surface area contributed by atoms with E-state index in [1.807, 2.05) is 103 Å². The van der Waals surface area contributed by atoms with Gasteiger partial charge in [-0.1, -0.05) is 48.0 Å². The number of halogens is 1. The zero-order chi connectivity index (χ0) is 51.9. The first-order chi connectivity index (χ1) is 35.7. The number of hydrogen-bond donors (Lipinski definition) is 7. The molecule has 6 aliphatic rings. The summed E-state index contributed by atoms with van der Waals surface area (Å²) in [5.41, 5.74) is 4.71. The fraction of sp³-hybridized carbons (Fsp3) is 0.404. The van der Waals surface area contributed by atoms with Crippen LogP contribution in [0.3, 0.4) is 0 Å². The quantitative estimate of drug-likeness (QED) is 0.0399. The number of rotatable bonds is 16. The van der Waals surface area contributed by atoms with Gasteiger partial charge in [0, 0.05) is 72.3 Å². The largest absolute Gasteiger partial charge is 0.507 e. The average molecular weight is 1030 g/mol. The van der Waals surface area contributed by atoms with Gasteiger partial charge in [0.25, 0.3) is 17.6 Å². The molecule has 4 saturated carbocycles. The van der Waals surface area contributed by atoms with Crippen LogP contribution in [0.1, 0.15) is 91.8 Å². The number of phenolic OH excluding ortho intramolecular Hbond substituents is 1. The van der Waals surface area contributed by atoms with Crippen LogP contribution in [0.25, 0.3) is 24.3 Å². The summed E-state index contributed by atoms with van der Waals surface area (Å²) in [7, 11) is 5.44. The molecule has 2 amide bonds. The molecule has 5 aromatic rings. The molecule has 388 valence electrons. The van der Waals surface area contributed by atoms with Crippen molar-refractivity contribution < 1.29 is 68.2 Å². The van der Waals surface area contributed by atoms with Crippen LogP contribution in [-0.4, -0.2) is 100 Å². The first-order valence-electron chi connectivity index (χ1n) is 25.2. The van der Waals surface area contributed by atoms with Gasteiger partial charge in [-0.25, -0.2) is 14.0 Å². The van der Waals surface area contributed by atoms with Crippen molar-refractivity contribution in [2.24, 2.45) is 37.8 Å². The van der Waals surface area contributed by atoms with Crippen molar-refractivity contribution in [2.75, 3.05) is 26.8 Å². The standard InChI is InChI=1S/C57H61ClN4O12/c1-61-18-12-33(13-19-61)4-10-40-30-42(31-41(49(40)64)11-5-34-14-20-62(2)21-15-34)54(69)60-17-16-59-53(68)39-8-6-35(7-9-39)22-38-28-45(48(58)46(29-38)71-55-52(67)51(66)50(65)47(32-63)72-55)57(70-3)56(73-74-57)43-24-36-23-37(26-43)27-44(56)25-36/h4-15,18-21,28-31,36-37,43-44,47,50-52,55,63,65-67H,16-17,22-27,32H2,1-3H3,(H-,59,60,68,69)/p+2/t36?,37?,43?,44?,47?,50-,51-,52?,55+,56?,57?/m0/s1. The highest BCUT2D eigenvalue weighted by molar-refractivity contribution is 6.33. The lowest BCUT2D eigenvalue weighted by molar-refractivity contribution is -0.671. The number of carbonyl (C=O) groups is 2. The number of nitrogens with zero attached hydrogens (tertiary/aromatic N) is 2. The van der Waals surface area contributed by atoms with Crippen molar-refractivity contribution in [3.63, 3.8) is 0 Å². The number of aliphatic hydroxyl groups is 4. The van der Waals surface area contributed by atoms with Crippen LogP contribution in [0.4, 0.5) is 0 Å². The average Bonchev–Trinajstić information content (AvgIpc) is 3.41. The van der Waals surface area contributed by atoms with E-state index in [2.05, 4.69) is 10.6 Å². The highest BCUT2D eigenvalue weighted by Gasteiger charge is 2.77. The Hall–Kier alpha value is -6.05. The highest BCUT2D eigenvalue weighted by Crippen LogP contribution is 2.70. The molecule has 4 bridgehead atoms. The maximum Gasteiger partial charge on any atom is 0.262 e. The number of ether oxygens (including phenoxy) is 3. The first kappa shape index (κ1) is 51.4. The molecule has 17 heteroatoms. The van der Waals surface area contributed by atoms with Gasteiger partial charge in [0.15, 0.2) is 30.4 Å². The minimum Gasteiger partial charge on any atom is -0.507 e. The summed E-state index contributed by atoms with van der Waals surface area (Å²) in [5, 5.41) is 59.2. The lowest BCUT2D eigenvalue weighted by atomic mass is 9.47. The van der Waals surface area contributed by atoms with E-state index in [1.165, 1.54) is 6.42 Å². The molecule has 2 saturated heterocycles. The zero-order valence-electron chi connectivity index (χ0n) is 41.5. The minimum atomic E-state index is -1.68. The predicted molar refractivity (Wildman–Crippen MR) is 272 cm³/mol. The Kier molecular flexibility index (Phi) is 14.8. The molecule has 0 radical (unpaired) electrons. The van der Waals surface area contributed by atoms with Crippen molar-refractivity contribution in [3.8, 4) is 11.5 Å². The molecule has 74 heavy (non-hydrogen) atoms. The summed E-state index contributed by atoms with van der Waals surface area (Å²) in [6, 6.07) is 21.7. The van der Waals surface area contributed by atoms with E-state index in [1.54, 1.807) is 49.6 Å². The molecule has 4 heterocycles. The van der Waals surface area contributed by atoms with E-state index in [-0.39, 0.29) is 53.3 Å². The molecule has 2 aliphatic heterocycles. The lowest BCUT2D eigenvalue weighted by Crippen LogP contribution is -2.76. The Balaban J connectivity index is 0.831. The van der Waals surface area contributed by atoms with Crippen molar-refractivity contribution in [3.05, 3.63) is 153 Å². The Morgan fingerprint density at radius 2 is 1.27 bits per heavy atom. The molecule has 11 rings (SSSR count). The molecule has 2 aromatic heterocycles. The number of aromatic nitrogens is 2. The number of nitrogens with one attached hydrogen (secondary N) is 2. The minimum absolute atomic E-state index is 0.0298. The molecule has 16 nitrogen and oxygen atoms in total. The van der Waals surface area contributed by atoms with Gasteiger partial charge in [-0.15, -0.1) is 0 Å². The Labute approximate surface area is 434 Å². The van der Waals surface area contributed by atoms with Gasteiger partial charge in [-0.05, 0) is 121 Å². The zero-order valence-corrected chi connectivity index (χ0v) is 42.2. The van der Waals surface area contributed by atoms with Crippen LogP contribution in [0, 0.1) is 23.7 Å². The summed E-state index contributed by atoms with van der Waals surface area (Å²) in [5.74, 6) is -0.407. The monoisotopic (exact) mass is 1030 g/mol. The molecule has 7 N–H and O–H groups in total. The van der Waals surface area contributed by atoms with Crippen molar-refractivity contribution in [2.45, 2.75) is 80.6 Å². The van der Waals surface area contributed by atoms with Gasteiger partial charge >= 0.3 is 0 Å². The fourth-order valence-electron chi connectivity index (χ4n) is 12.0. The number of amides is 2. The lowest BCUT2D eigenvalue weighted by Gasteiger charge is -2.68. The topological polar surface area (TPSA) is 213 Å². The highest BCUT2D eigenvalue weighted by atomic mass is 35.5. The van der Waals surface area contributed by atoms with Crippen molar-refractivity contribution in [1.82, 2.24) is 10.6 Å². The van der Waals surface area contributed by atoms with E-state index in [4.69, 9.17) is 35.6 Å². The van der Waals surface area contributed by atoms with Gasteiger partial charge in [-0.3, -0.25) is 9.59 Å². The van der Waals surface area contributed by atoms with E-state index in [9.17, 15) is 35.1 Å². The second-order valence-electron chi connectivity index (χ2n) is 20.5. The fourth-order valence-corrected chi connectivity index (χ4v) is 12.2. The number of benzene rings is 3. The van der Waals surface area contributed by atoms with Gasteiger partial charge in [0.1, 0.15) is 50.0 Å². The summed E-state index contributed by atoms with van der Waals surface area (Å²) < 4.78 is 22.2. The third-order valence-corrected chi connectivity index (χ3v) is 16.1. The molecule has 6 atom stereocenters. The number of phenols is 1. The van der Waals surface area contributed by atoms with Crippen LogP contribution in [0.15, 0.2) is 97.6 Å². The third-order valence-electron chi connectivity index (χ3n) is 15.7. The Morgan fingerprint density at radius 1 is 0.716 bits per heavy atom. The molecular formula is C57H63ClN4O12+2. The number of pyridine rings is 2. The molecule has 3 unspecified atom stereocenters. The van der Waals surface area contributed by atoms with Crippen LogP contribution >= 0.6 is 11.6 Å². The van der Waals surface area contributed by atoms with Crippen molar-refractivity contribution in [1.29, 1.82) is 0 Å². The van der Waals surface area contributed by atoms with Crippen molar-refractivity contribution >= 4 is 47.7 Å². The number of hydrogen-bond acceptors (Lipinski definition) is 12. The van der Waals surface area contributed by atoms with Crippen LogP contribution in [-0.2, 0) is 45.6 Å². The summed E-state index contributed by atoms with van der Waals surface area (Å²) in [4.78, 5) is 39.4. The molecule has 1 spiro atoms. The van der Waals surface area contributed by atoms with E-state index >= 15 is 0 Å². The summed E-state index contributed by atoms with van der Waals surface area (Å²) >= 11 is 7.28. The smallest absolute Gasteiger partial charge is 0.262 e. The molecule has 3 aromatic carbocycles. The van der Waals surface area contributed by atoms with Gasteiger partial charge in [0.2, 0.25) is 6.29 Å². The number of aryl methyl sites for hydroxylation is 2. The van der Waals surface area contributed by atoms with E-state index in [0.29, 0.717) is 51.6 Å². The normalized spacial score (nSPS) is 28.9. The Morgan fingerprint density at radius 3 is 1.78 bits per heavy atom. The maximum absolute atomic E-state index is 13.6. The van der Waals surface area contributed by atoms with E-state index < -0.39 is 48.7 Å². The Bertz CT molecular complexity index is 2820. The number of carbonyl (C=O) groups excluding carboxylic acids is 2. The predicted octanol–water partition coefficient (Wildman–Crippen LogP) is 4.92. The number of aliphatic hydroxyl groups excluding tert-OH is 4.